The highest BCUT2D eigenvalue weighted by atomic mass is 32.2. The van der Waals surface area contributed by atoms with Crippen LogP contribution in [-0.2, 0) is 14.8 Å². The number of para-hydroxylation sites is 1. The zero-order chi connectivity index (χ0) is 31.7. The summed E-state index contributed by atoms with van der Waals surface area (Å²) in [5.74, 6) is 0.779. The van der Waals surface area contributed by atoms with Crippen molar-refractivity contribution in [2.45, 2.75) is 45.2 Å². The van der Waals surface area contributed by atoms with Gasteiger partial charge in [0.15, 0.2) is 11.7 Å². The van der Waals surface area contributed by atoms with Crippen molar-refractivity contribution in [1.82, 2.24) is 19.7 Å². The average Bonchev–Trinajstić information content (AvgIpc) is 3.39. The van der Waals surface area contributed by atoms with Crippen molar-refractivity contribution in [3.63, 3.8) is 0 Å². The molecule has 2 aromatic heterocycles. The maximum Gasteiger partial charge on any atom is 0.243 e. The molecule has 3 aromatic rings. The van der Waals surface area contributed by atoms with Crippen LogP contribution in [0.2, 0.25) is 0 Å². The number of aryl methyl sites for hydroxylation is 1. The zero-order valence-corrected chi connectivity index (χ0v) is 25.7. The number of aromatic nitrogens is 4. The van der Waals surface area contributed by atoms with E-state index >= 15 is 0 Å². The van der Waals surface area contributed by atoms with Crippen LogP contribution in [0.3, 0.4) is 0 Å². The third-order valence-electron chi connectivity index (χ3n) is 6.12. The molecule has 232 valence electrons. The SMILES string of the molecule is C=NC(=NC=C(C)C)[C@H](OC[C@H](O)CO)[C@@H](C)S(=O)(=O)Nc1nnc(-c2cncc(C)c2)n1-c1c(OC)cccc1OC. The van der Waals surface area contributed by atoms with Gasteiger partial charge in [-0.15, -0.1) is 10.2 Å². The highest BCUT2D eigenvalue weighted by Crippen LogP contribution is 2.38. The van der Waals surface area contributed by atoms with Gasteiger partial charge in [-0.2, -0.15) is 0 Å². The first-order chi connectivity index (χ1) is 20.5. The second-order valence-corrected chi connectivity index (χ2v) is 11.8. The second-order valence-electron chi connectivity index (χ2n) is 9.74. The number of sulfonamides is 1. The fourth-order valence-corrected chi connectivity index (χ4v) is 5.05. The smallest absolute Gasteiger partial charge is 0.243 e. The molecule has 0 aliphatic heterocycles. The number of hydrogen-bond donors (Lipinski definition) is 3. The lowest BCUT2D eigenvalue weighted by Crippen LogP contribution is -2.43. The molecule has 15 heteroatoms. The van der Waals surface area contributed by atoms with Gasteiger partial charge in [0.05, 0.1) is 27.4 Å². The number of anilines is 1. The lowest BCUT2D eigenvalue weighted by molar-refractivity contribution is -0.00841. The van der Waals surface area contributed by atoms with Gasteiger partial charge in [-0.05, 0) is 58.2 Å². The molecule has 0 aliphatic carbocycles. The van der Waals surface area contributed by atoms with E-state index in [0.29, 0.717) is 22.7 Å². The van der Waals surface area contributed by atoms with Crippen LogP contribution in [0.1, 0.15) is 26.3 Å². The predicted molar refractivity (Wildman–Crippen MR) is 164 cm³/mol. The summed E-state index contributed by atoms with van der Waals surface area (Å²) in [5, 5.41) is 26.3. The number of aliphatic imine (C=N–C) groups is 2. The van der Waals surface area contributed by atoms with Gasteiger partial charge < -0.3 is 24.4 Å². The van der Waals surface area contributed by atoms with Crippen LogP contribution in [0.5, 0.6) is 11.5 Å². The molecule has 3 N–H and O–H groups in total. The molecule has 3 atom stereocenters. The summed E-state index contributed by atoms with van der Waals surface area (Å²) in [5.41, 5.74) is 2.57. The molecule has 0 radical (unpaired) electrons. The Labute approximate surface area is 250 Å². The Kier molecular flexibility index (Phi) is 11.5. The van der Waals surface area contributed by atoms with Gasteiger partial charge >= 0.3 is 0 Å². The summed E-state index contributed by atoms with van der Waals surface area (Å²) in [6.45, 7) is 9.40. The van der Waals surface area contributed by atoms with Crippen LogP contribution in [0.25, 0.3) is 17.1 Å². The van der Waals surface area contributed by atoms with Crippen LogP contribution in [0.15, 0.2) is 58.4 Å². The molecule has 0 spiro atoms. The Balaban J connectivity index is 2.18. The van der Waals surface area contributed by atoms with Crippen LogP contribution in [0, 0.1) is 6.92 Å². The summed E-state index contributed by atoms with van der Waals surface area (Å²) in [6, 6.07) is 6.93. The molecule has 0 unspecified atom stereocenters. The number of ether oxygens (including phenoxy) is 3. The van der Waals surface area contributed by atoms with Crippen molar-refractivity contribution in [3.8, 4) is 28.6 Å². The monoisotopic (exact) mass is 615 g/mol. The number of allylic oxidation sites excluding steroid dienone is 1. The number of benzene rings is 1. The van der Waals surface area contributed by atoms with E-state index in [-0.39, 0.29) is 24.2 Å². The maximum atomic E-state index is 13.9. The van der Waals surface area contributed by atoms with Gasteiger partial charge in [0, 0.05) is 24.2 Å². The van der Waals surface area contributed by atoms with Crippen molar-refractivity contribution in [2.75, 3.05) is 32.2 Å². The Morgan fingerprint density at radius 2 is 1.86 bits per heavy atom. The van der Waals surface area contributed by atoms with Crippen molar-refractivity contribution in [1.29, 1.82) is 0 Å². The largest absolute Gasteiger partial charge is 0.494 e. The van der Waals surface area contributed by atoms with Gasteiger partial charge in [-0.25, -0.2) is 18.4 Å². The highest BCUT2D eigenvalue weighted by molar-refractivity contribution is 7.93. The lowest BCUT2D eigenvalue weighted by atomic mass is 10.2. The minimum absolute atomic E-state index is 0.0383. The Hall–Kier alpha value is -4.18. The van der Waals surface area contributed by atoms with Gasteiger partial charge in [0.2, 0.25) is 16.0 Å². The number of nitrogens with zero attached hydrogens (tertiary/aromatic N) is 6. The van der Waals surface area contributed by atoms with E-state index in [2.05, 4.69) is 36.6 Å². The standard InChI is InChI=1S/C28H37N7O7S/c1-17(2)12-31-26(29-5)25(42-16-21(37)15-36)19(4)43(38,39)34-28-33-32-27(20-11-18(3)13-30-14-20)35(28)24-22(40-6)9-8-10-23(24)41-7/h8-14,19,21,25,36-37H,5,15-16H2,1-4,6-7H3,(H,33,34)/t19-,21-,25-/m1/s1. The van der Waals surface area contributed by atoms with Gasteiger partial charge in [0.25, 0.3) is 0 Å². The first-order valence-electron chi connectivity index (χ1n) is 13.2. The summed E-state index contributed by atoms with van der Waals surface area (Å²) in [7, 11) is -1.39. The molecule has 1 aromatic carbocycles. The second kappa shape index (κ2) is 14.8. The number of aliphatic hydroxyl groups excluding tert-OH is 2. The number of methoxy groups -OCH3 is 2. The molecule has 0 saturated heterocycles. The summed E-state index contributed by atoms with van der Waals surface area (Å²) < 4.78 is 48.7. The van der Waals surface area contributed by atoms with Gasteiger partial charge in [-0.1, -0.05) is 11.6 Å². The zero-order valence-electron chi connectivity index (χ0n) is 24.9. The number of pyridine rings is 1. The quantitative estimate of drug-likeness (QED) is 0.180. The minimum atomic E-state index is -4.34. The fourth-order valence-electron chi connectivity index (χ4n) is 3.95. The van der Waals surface area contributed by atoms with Crippen molar-refractivity contribution in [3.05, 3.63) is 54.0 Å². The van der Waals surface area contributed by atoms with Crippen LogP contribution < -0.4 is 14.2 Å². The molecular weight excluding hydrogens is 578 g/mol. The van der Waals surface area contributed by atoms with Crippen LogP contribution in [0.4, 0.5) is 5.95 Å². The molecule has 14 nitrogen and oxygen atoms in total. The van der Waals surface area contributed by atoms with E-state index in [1.165, 1.54) is 31.9 Å². The van der Waals surface area contributed by atoms with E-state index in [1.807, 2.05) is 13.0 Å². The van der Waals surface area contributed by atoms with Crippen molar-refractivity contribution < 1.29 is 32.8 Å². The third kappa shape index (κ3) is 8.01. The molecule has 0 amide bonds. The van der Waals surface area contributed by atoms with Crippen molar-refractivity contribution >= 4 is 28.5 Å². The van der Waals surface area contributed by atoms with Crippen LogP contribution in [-0.4, -0.2) is 95.8 Å². The first-order valence-corrected chi connectivity index (χ1v) is 14.7. The summed E-state index contributed by atoms with van der Waals surface area (Å²) in [4.78, 5) is 12.4. The topological polar surface area (TPSA) is 183 Å². The van der Waals surface area contributed by atoms with Crippen LogP contribution >= 0.6 is 0 Å². The van der Waals surface area contributed by atoms with Gasteiger partial charge in [0.1, 0.15) is 34.6 Å². The number of amidine groups is 1. The number of hydrogen-bond acceptors (Lipinski definition) is 11. The summed E-state index contributed by atoms with van der Waals surface area (Å²) >= 11 is 0. The Bertz CT molecular complexity index is 1560. The van der Waals surface area contributed by atoms with E-state index in [4.69, 9.17) is 14.2 Å². The Morgan fingerprint density at radius 3 is 2.42 bits per heavy atom. The number of nitrogens with one attached hydrogen (secondary N) is 1. The average molecular weight is 616 g/mol. The molecule has 2 heterocycles. The Morgan fingerprint density at radius 1 is 1.19 bits per heavy atom. The fraction of sp³-hybridized carbons (Fsp3) is 0.393. The maximum absolute atomic E-state index is 13.9. The molecule has 0 aliphatic rings. The molecule has 0 fully saturated rings. The van der Waals surface area contributed by atoms with E-state index in [0.717, 1.165) is 11.1 Å². The molecule has 0 saturated carbocycles. The minimum Gasteiger partial charge on any atom is -0.494 e. The van der Waals surface area contributed by atoms with Crippen molar-refractivity contribution in [2.24, 2.45) is 9.98 Å². The molecule has 0 bridgehead atoms. The number of rotatable bonds is 14. The number of aliphatic hydroxyl groups is 2. The lowest BCUT2D eigenvalue weighted by Gasteiger charge is -2.25. The normalized spacial score (nSPS) is 14.0. The van der Waals surface area contributed by atoms with E-state index < -0.39 is 34.1 Å². The molecular formula is C28H37N7O7S. The molecule has 3 rings (SSSR count). The predicted octanol–water partition coefficient (Wildman–Crippen LogP) is 2.55. The first kappa shape index (κ1) is 33.3. The highest BCUT2D eigenvalue weighted by Gasteiger charge is 2.36. The van der Waals surface area contributed by atoms with E-state index in [9.17, 15) is 18.6 Å². The molecule has 43 heavy (non-hydrogen) atoms. The summed E-state index contributed by atoms with van der Waals surface area (Å²) in [6.07, 6.45) is 2.20. The van der Waals surface area contributed by atoms with Gasteiger partial charge in [-0.3, -0.25) is 14.3 Å². The third-order valence-corrected chi connectivity index (χ3v) is 7.81. The van der Waals surface area contributed by atoms with E-state index in [1.54, 1.807) is 44.4 Å².